The van der Waals surface area contributed by atoms with Crippen molar-refractivity contribution in [2.75, 3.05) is 10.8 Å². The van der Waals surface area contributed by atoms with Crippen LogP contribution in [0.5, 0.6) is 0 Å². The van der Waals surface area contributed by atoms with E-state index in [4.69, 9.17) is 46.4 Å². The molecule has 1 N–H and O–H groups in total. The Bertz CT molecular complexity index is 1520. The molecule has 0 saturated heterocycles. The van der Waals surface area contributed by atoms with Crippen LogP contribution in [0, 0.1) is 6.92 Å². The lowest BCUT2D eigenvalue weighted by Crippen LogP contribution is -2.54. The summed E-state index contributed by atoms with van der Waals surface area (Å²) >= 11 is 25.5. The molecule has 12 heteroatoms. The lowest BCUT2D eigenvalue weighted by molar-refractivity contribution is -0.140. The highest BCUT2D eigenvalue weighted by Crippen LogP contribution is 2.36. The number of hydrogen-bond donors (Lipinski definition) is 1. The topological polar surface area (TPSA) is 86.8 Å². The van der Waals surface area contributed by atoms with Gasteiger partial charge in [0.15, 0.2) is 0 Å². The second-order valence-corrected chi connectivity index (χ2v) is 14.0. The third kappa shape index (κ3) is 8.08. The van der Waals surface area contributed by atoms with Gasteiger partial charge in [-0.15, -0.1) is 0 Å². The minimum Gasteiger partial charge on any atom is -0.350 e. The van der Waals surface area contributed by atoms with Crippen molar-refractivity contribution < 1.29 is 18.0 Å². The molecule has 0 fully saturated rings. The first-order valence-corrected chi connectivity index (χ1v) is 15.6. The van der Waals surface area contributed by atoms with Crippen molar-refractivity contribution in [2.45, 2.75) is 57.6 Å². The number of carbonyl (C=O) groups excluding carboxylic acids is 2. The first-order valence-electron chi connectivity index (χ1n) is 12.6. The van der Waals surface area contributed by atoms with Crippen molar-refractivity contribution in [3.05, 3.63) is 91.9 Å². The number of carbonyl (C=O) groups is 2. The number of sulfonamides is 1. The summed E-state index contributed by atoms with van der Waals surface area (Å²) in [5, 5.41) is 3.51. The van der Waals surface area contributed by atoms with Gasteiger partial charge >= 0.3 is 0 Å². The molecule has 0 aliphatic carbocycles. The standard InChI is InChI=1S/C29H31Cl4N3O4S/c1-18-12-14-20(15-13-18)41(39,40)36(25-11-7-10-24(32)27(25)33)17-26(37)35(19(2)28(38)34-29(3,4)5)16-21-22(30)8-6-9-23(21)31/h6-15,19H,16-17H2,1-5H3,(H,34,38)/t19-/m0/s1. The number of halogens is 4. The summed E-state index contributed by atoms with van der Waals surface area (Å²) in [6.45, 7) is 7.97. The van der Waals surface area contributed by atoms with Crippen molar-refractivity contribution in [1.82, 2.24) is 10.2 Å². The highest BCUT2D eigenvalue weighted by Gasteiger charge is 2.35. The van der Waals surface area contributed by atoms with Gasteiger partial charge < -0.3 is 10.2 Å². The number of nitrogens with zero attached hydrogens (tertiary/aromatic N) is 2. The van der Waals surface area contributed by atoms with Gasteiger partial charge in [-0.3, -0.25) is 13.9 Å². The van der Waals surface area contributed by atoms with Gasteiger partial charge in [-0.25, -0.2) is 8.42 Å². The normalized spacial score (nSPS) is 12.5. The van der Waals surface area contributed by atoms with E-state index in [9.17, 15) is 18.0 Å². The minimum atomic E-state index is -4.31. The second-order valence-electron chi connectivity index (χ2n) is 10.5. The smallest absolute Gasteiger partial charge is 0.264 e. The van der Waals surface area contributed by atoms with E-state index >= 15 is 0 Å². The zero-order chi connectivity index (χ0) is 30.7. The number of nitrogens with one attached hydrogen (secondary N) is 1. The van der Waals surface area contributed by atoms with E-state index < -0.39 is 40.0 Å². The predicted molar refractivity (Wildman–Crippen MR) is 167 cm³/mol. The lowest BCUT2D eigenvalue weighted by atomic mass is 10.1. The number of aryl methyl sites for hydroxylation is 1. The summed E-state index contributed by atoms with van der Waals surface area (Å²) in [5.41, 5.74) is 0.690. The van der Waals surface area contributed by atoms with Crippen LogP contribution < -0.4 is 9.62 Å². The molecule has 0 bridgehead atoms. The SMILES string of the molecule is Cc1ccc(S(=O)(=O)N(CC(=O)N(Cc2c(Cl)cccc2Cl)[C@@H](C)C(=O)NC(C)(C)C)c2cccc(Cl)c2Cl)cc1. The Labute approximate surface area is 261 Å². The molecular formula is C29H31Cl4N3O4S. The van der Waals surface area contributed by atoms with Crippen molar-refractivity contribution in [2.24, 2.45) is 0 Å². The predicted octanol–water partition coefficient (Wildman–Crippen LogP) is 7.14. The van der Waals surface area contributed by atoms with Gasteiger partial charge in [0.2, 0.25) is 11.8 Å². The summed E-state index contributed by atoms with van der Waals surface area (Å²) in [4.78, 5) is 28.5. The zero-order valence-corrected chi connectivity index (χ0v) is 27.1. The Morgan fingerprint density at radius 1 is 0.878 bits per heavy atom. The molecule has 0 unspecified atom stereocenters. The van der Waals surface area contributed by atoms with Crippen molar-refractivity contribution in [1.29, 1.82) is 0 Å². The molecule has 3 aromatic carbocycles. The molecule has 1 atom stereocenters. The molecule has 3 rings (SSSR count). The zero-order valence-electron chi connectivity index (χ0n) is 23.2. The van der Waals surface area contributed by atoms with Gasteiger partial charge in [0.05, 0.1) is 20.6 Å². The summed E-state index contributed by atoms with van der Waals surface area (Å²) in [6.07, 6.45) is 0. The molecule has 0 aromatic heterocycles. The Kier molecular flexibility index (Phi) is 10.6. The average molecular weight is 659 g/mol. The Morgan fingerprint density at radius 2 is 1.41 bits per heavy atom. The highest BCUT2D eigenvalue weighted by molar-refractivity contribution is 7.92. The third-order valence-corrected chi connectivity index (χ3v) is 9.43. The number of rotatable bonds is 9. The van der Waals surface area contributed by atoms with Crippen LogP contribution in [0.4, 0.5) is 5.69 Å². The van der Waals surface area contributed by atoms with E-state index in [-0.39, 0.29) is 27.2 Å². The summed E-state index contributed by atoms with van der Waals surface area (Å²) in [5.74, 6) is -1.13. The molecular weight excluding hydrogens is 628 g/mol. The van der Waals surface area contributed by atoms with E-state index in [0.717, 1.165) is 9.87 Å². The van der Waals surface area contributed by atoms with E-state index in [1.807, 2.05) is 27.7 Å². The fourth-order valence-corrected chi connectivity index (χ4v) is 6.34. The van der Waals surface area contributed by atoms with Crippen LogP contribution in [0.3, 0.4) is 0 Å². The van der Waals surface area contributed by atoms with Crippen molar-refractivity contribution >= 4 is 73.9 Å². The molecule has 0 aliphatic heterocycles. The van der Waals surface area contributed by atoms with Crippen LogP contribution in [-0.4, -0.2) is 43.3 Å². The van der Waals surface area contributed by atoms with Crippen molar-refractivity contribution in [3.63, 3.8) is 0 Å². The van der Waals surface area contributed by atoms with E-state index in [1.54, 1.807) is 37.3 Å². The minimum absolute atomic E-state index is 0.00983. The van der Waals surface area contributed by atoms with Gasteiger partial charge in [0.1, 0.15) is 12.6 Å². The molecule has 220 valence electrons. The number of hydrogen-bond acceptors (Lipinski definition) is 4. The Hall–Kier alpha value is -2.49. The molecule has 0 spiro atoms. The fraction of sp³-hybridized carbons (Fsp3) is 0.310. The Morgan fingerprint density at radius 3 is 1.98 bits per heavy atom. The maximum atomic E-state index is 14.1. The quantitative estimate of drug-likeness (QED) is 0.265. The monoisotopic (exact) mass is 657 g/mol. The van der Waals surface area contributed by atoms with E-state index in [0.29, 0.717) is 15.6 Å². The second kappa shape index (κ2) is 13.2. The molecule has 41 heavy (non-hydrogen) atoms. The molecule has 0 radical (unpaired) electrons. The lowest BCUT2D eigenvalue weighted by Gasteiger charge is -2.34. The van der Waals surface area contributed by atoms with E-state index in [2.05, 4.69) is 5.32 Å². The maximum Gasteiger partial charge on any atom is 0.264 e. The molecule has 0 saturated carbocycles. The third-order valence-electron chi connectivity index (χ3n) is 6.14. The molecule has 0 heterocycles. The fourth-order valence-electron chi connectivity index (χ4n) is 3.95. The number of amides is 2. The summed E-state index contributed by atoms with van der Waals surface area (Å²) in [7, 11) is -4.31. The van der Waals surface area contributed by atoms with Gasteiger partial charge in [-0.2, -0.15) is 0 Å². The first kappa shape index (κ1) is 33.0. The van der Waals surface area contributed by atoms with Crippen LogP contribution in [0.1, 0.15) is 38.8 Å². The largest absolute Gasteiger partial charge is 0.350 e. The van der Waals surface area contributed by atoms with Gasteiger partial charge in [-0.05, 0) is 71.0 Å². The molecule has 7 nitrogen and oxygen atoms in total. The maximum absolute atomic E-state index is 14.1. The van der Waals surface area contributed by atoms with Gasteiger partial charge in [0.25, 0.3) is 10.0 Å². The van der Waals surface area contributed by atoms with Crippen LogP contribution in [0.25, 0.3) is 0 Å². The number of anilines is 1. The summed E-state index contributed by atoms with van der Waals surface area (Å²) < 4.78 is 28.8. The highest BCUT2D eigenvalue weighted by atomic mass is 35.5. The first-order chi connectivity index (χ1) is 19.0. The summed E-state index contributed by atoms with van der Waals surface area (Å²) in [6, 6.07) is 14.6. The van der Waals surface area contributed by atoms with Gasteiger partial charge in [-0.1, -0.05) is 76.2 Å². The average Bonchev–Trinajstić information content (AvgIpc) is 2.87. The molecule has 2 amide bonds. The van der Waals surface area contributed by atoms with Crippen LogP contribution in [-0.2, 0) is 26.2 Å². The van der Waals surface area contributed by atoms with Crippen LogP contribution >= 0.6 is 46.4 Å². The molecule has 3 aromatic rings. The van der Waals surface area contributed by atoms with E-state index in [1.165, 1.54) is 35.2 Å². The van der Waals surface area contributed by atoms with Crippen molar-refractivity contribution in [3.8, 4) is 0 Å². The molecule has 0 aliphatic rings. The van der Waals surface area contributed by atoms with Crippen LogP contribution in [0.2, 0.25) is 20.1 Å². The van der Waals surface area contributed by atoms with Gasteiger partial charge in [0, 0.05) is 27.7 Å². The number of benzene rings is 3. The van der Waals surface area contributed by atoms with Crippen LogP contribution in [0.15, 0.2) is 65.6 Å². The Balaban J connectivity index is 2.12.